The molecule has 2 rings (SSSR count). The van der Waals surface area contributed by atoms with Crippen molar-refractivity contribution >= 4 is 23.2 Å². The van der Waals surface area contributed by atoms with E-state index < -0.39 is 0 Å². The zero-order chi connectivity index (χ0) is 10.8. The van der Waals surface area contributed by atoms with Crippen LogP contribution in [-0.2, 0) is 6.54 Å². The SMILES string of the molecule is NCc1cnnn1-c1ccc(Cl)c(Cl)c1. The third kappa shape index (κ3) is 1.97. The molecule has 2 N–H and O–H groups in total. The Morgan fingerprint density at radius 3 is 2.73 bits per heavy atom. The van der Waals surface area contributed by atoms with Crippen molar-refractivity contribution in [2.45, 2.75) is 6.54 Å². The minimum atomic E-state index is 0.368. The summed E-state index contributed by atoms with van der Waals surface area (Å²) in [6.45, 7) is 0.368. The van der Waals surface area contributed by atoms with Crippen LogP contribution in [0.3, 0.4) is 0 Å². The molecule has 0 atom stereocenters. The van der Waals surface area contributed by atoms with E-state index in [1.165, 1.54) is 0 Å². The highest BCUT2D eigenvalue weighted by Crippen LogP contribution is 2.24. The molecule has 0 saturated carbocycles. The quantitative estimate of drug-likeness (QED) is 0.877. The van der Waals surface area contributed by atoms with E-state index in [4.69, 9.17) is 28.9 Å². The summed E-state index contributed by atoms with van der Waals surface area (Å²) in [6.07, 6.45) is 1.61. The Hall–Kier alpha value is -1.10. The highest BCUT2D eigenvalue weighted by atomic mass is 35.5. The molecule has 0 amide bonds. The molecule has 0 aliphatic rings. The summed E-state index contributed by atoms with van der Waals surface area (Å²) in [7, 11) is 0. The van der Waals surface area contributed by atoms with Crippen LogP contribution in [0.1, 0.15) is 5.69 Å². The second-order valence-electron chi connectivity index (χ2n) is 2.94. The first-order valence-electron chi connectivity index (χ1n) is 4.27. The van der Waals surface area contributed by atoms with Crippen LogP contribution in [0.4, 0.5) is 0 Å². The van der Waals surface area contributed by atoms with Gasteiger partial charge in [-0.25, -0.2) is 4.68 Å². The first-order valence-corrected chi connectivity index (χ1v) is 5.03. The van der Waals surface area contributed by atoms with Crippen LogP contribution in [0.15, 0.2) is 24.4 Å². The van der Waals surface area contributed by atoms with E-state index in [1.54, 1.807) is 23.0 Å². The van der Waals surface area contributed by atoms with Crippen molar-refractivity contribution < 1.29 is 0 Å². The highest BCUT2D eigenvalue weighted by Gasteiger charge is 2.06. The second-order valence-corrected chi connectivity index (χ2v) is 3.75. The molecule has 0 bridgehead atoms. The third-order valence-electron chi connectivity index (χ3n) is 1.98. The molecule has 2 aromatic rings. The van der Waals surface area contributed by atoms with Crippen LogP contribution in [0.25, 0.3) is 5.69 Å². The average molecular weight is 243 g/mol. The zero-order valence-corrected chi connectivity index (χ0v) is 9.20. The number of aromatic nitrogens is 3. The van der Waals surface area contributed by atoms with Crippen LogP contribution in [0, 0.1) is 0 Å². The molecule has 0 aliphatic heterocycles. The van der Waals surface area contributed by atoms with E-state index >= 15 is 0 Å². The van der Waals surface area contributed by atoms with Gasteiger partial charge < -0.3 is 5.73 Å². The van der Waals surface area contributed by atoms with E-state index in [1.807, 2.05) is 6.07 Å². The van der Waals surface area contributed by atoms with Crippen molar-refractivity contribution in [2.75, 3.05) is 0 Å². The molecule has 1 aromatic carbocycles. The van der Waals surface area contributed by atoms with E-state index in [0.717, 1.165) is 11.4 Å². The van der Waals surface area contributed by atoms with Gasteiger partial charge in [0.15, 0.2) is 0 Å². The Morgan fingerprint density at radius 2 is 2.07 bits per heavy atom. The van der Waals surface area contributed by atoms with Crippen LogP contribution in [0.2, 0.25) is 10.0 Å². The fourth-order valence-electron chi connectivity index (χ4n) is 1.23. The van der Waals surface area contributed by atoms with Crippen molar-refractivity contribution in [1.82, 2.24) is 15.0 Å². The van der Waals surface area contributed by atoms with Crippen LogP contribution in [0.5, 0.6) is 0 Å². The Kier molecular flexibility index (Phi) is 2.90. The molecule has 0 radical (unpaired) electrons. The molecule has 0 fully saturated rings. The van der Waals surface area contributed by atoms with E-state index in [2.05, 4.69) is 10.3 Å². The maximum absolute atomic E-state index is 5.90. The number of hydrogen-bond acceptors (Lipinski definition) is 3. The summed E-state index contributed by atoms with van der Waals surface area (Å²) in [5.74, 6) is 0. The van der Waals surface area contributed by atoms with Gasteiger partial charge in [-0.2, -0.15) is 0 Å². The molecule has 4 nitrogen and oxygen atoms in total. The summed E-state index contributed by atoms with van der Waals surface area (Å²) in [4.78, 5) is 0. The minimum Gasteiger partial charge on any atom is -0.325 e. The molecule has 15 heavy (non-hydrogen) atoms. The van der Waals surface area contributed by atoms with Gasteiger partial charge in [-0.15, -0.1) is 5.10 Å². The maximum Gasteiger partial charge on any atom is 0.0781 e. The monoisotopic (exact) mass is 242 g/mol. The van der Waals surface area contributed by atoms with Crippen molar-refractivity contribution in [3.05, 3.63) is 40.1 Å². The molecule has 0 unspecified atom stereocenters. The van der Waals surface area contributed by atoms with Gasteiger partial charge in [0.2, 0.25) is 0 Å². The predicted molar refractivity (Wildman–Crippen MR) is 59.3 cm³/mol. The summed E-state index contributed by atoms with van der Waals surface area (Å²) in [6, 6.07) is 5.24. The second kappa shape index (κ2) is 4.18. The lowest BCUT2D eigenvalue weighted by molar-refractivity contribution is 0.761. The lowest BCUT2D eigenvalue weighted by atomic mass is 10.3. The number of nitrogens with zero attached hydrogens (tertiary/aromatic N) is 3. The first-order chi connectivity index (χ1) is 7.22. The molecule has 6 heteroatoms. The van der Waals surface area contributed by atoms with Gasteiger partial charge in [0, 0.05) is 6.54 Å². The van der Waals surface area contributed by atoms with E-state index in [9.17, 15) is 0 Å². The molecule has 1 heterocycles. The van der Waals surface area contributed by atoms with Crippen molar-refractivity contribution in [1.29, 1.82) is 0 Å². The Labute approximate surface area is 96.6 Å². The van der Waals surface area contributed by atoms with Gasteiger partial charge in [0.05, 0.1) is 27.6 Å². The van der Waals surface area contributed by atoms with Crippen molar-refractivity contribution in [3.8, 4) is 5.69 Å². The fraction of sp³-hybridized carbons (Fsp3) is 0.111. The predicted octanol–water partition coefficient (Wildman–Crippen LogP) is 2.03. The molecule has 0 saturated heterocycles. The number of rotatable bonds is 2. The average Bonchev–Trinajstić information content (AvgIpc) is 2.70. The number of hydrogen-bond donors (Lipinski definition) is 1. The highest BCUT2D eigenvalue weighted by molar-refractivity contribution is 6.42. The third-order valence-corrected chi connectivity index (χ3v) is 2.72. The van der Waals surface area contributed by atoms with Gasteiger partial charge >= 0.3 is 0 Å². The number of benzene rings is 1. The number of nitrogens with two attached hydrogens (primary N) is 1. The summed E-state index contributed by atoms with van der Waals surface area (Å²) >= 11 is 11.7. The molecule has 78 valence electrons. The minimum absolute atomic E-state index is 0.368. The topological polar surface area (TPSA) is 56.7 Å². The molecular weight excluding hydrogens is 235 g/mol. The van der Waals surface area contributed by atoms with Gasteiger partial charge in [0.1, 0.15) is 0 Å². The van der Waals surface area contributed by atoms with Gasteiger partial charge in [0.25, 0.3) is 0 Å². The maximum atomic E-state index is 5.90. The smallest absolute Gasteiger partial charge is 0.0781 e. The lowest BCUT2D eigenvalue weighted by Crippen LogP contribution is -2.06. The Bertz CT molecular complexity index is 481. The summed E-state index contributed by atoms with van der Waals surface area (Å²) < 4.78 is 1.63. The largest absolute Gasteiger partial charge is 0.325 e. The fourth-order valence-corrected chi connectivity index (χ4v) is 1.52. The lowest BCUT2D eigenvalue weighted by Gasteiger charge is -2.05. The summed E-state index contributed by atoms with van der Waals surface area (Å²) in [5, 5.41) is 8.68. The van der Waals surface area contributed by atoms with Crippen molar-refractivity contribution in [3.63, 3.8) is 0 Å². The van der Waals surface area contributed by atoms with Crippen LogP contribution in [-0.4, -0.2) is 15.0 Å². The van der Waals surface area contributed by atoms with Gasteiger partial charge in [-0.3, -0.25) is 0 Å². The van der Waals surface area contributed by atoms with E-state index in [0.29, 0.717) is 16.6 Å². The standard InChI is InChI=1S/C9H8Cl2N4/c10-8-2-1-6(3-9(8)11)15-7(4-12)5-13-14-15/h1-3,5H,4,12H2. The zero-order valence-electron chi connectivity index (χ0n) is 7.69. The van der Waals surface area contributed by atoms with Gasteiger partial charge in [-0.1, -0.05) is 28.4 Å². The van der Waals surface area contributed by atoms with Gasteiger partial charge in [-0.05, 0) is 18.2 Å². The summed E-state index contributed by atoms with van der Waals surface area (Å²) in [5.41, 5.74) is 7.15. The van der Waals surface area contributed by atoms with Crippen molar-refractivity contribution in [2.24, 2.45) is 5.73 Å². The van der Waals surface area contributed by atoms with Crippen LogP contribution >= 0.6 is 23.2 Å². The number of halogens is 2. The van der Waals surface area contributed by atoms with E-state index in [-0.39, 0.29) is 0 Å². The normalized spacial score (nSPS) is 10.6. The molecule has 0 aliphatic carbocycles. The Balaban J connectivity index is 2.50. The molecule has 1 aromatic heterocycles. The Morgan fingerprint density at radius 1 is 1.27 bits per heavy atom. The van der Waals surface area contributed by atoms with Crippen LogP contribution < -0.4 is 5.73 Å². The molecular formula is C9H8Cl2N4. The first kappa shape index (κ1) is 10.4. The molecule has 0 spiro atoms.